The number of likely N-dealkylation sites (tertiary alicyclic amines) is 1. The Morgan fingerprint density at radius 1 is 1.45 bits per heavy atom. The van der Waals surface area contributed by atoms with Crippen LogP contribution in [0, 0.1) is 5.92 Å². The summed E-state index contributed by atoms with van der Waals surface area (Å²) in [7, 11) is 0. The summed E-state index contributed by atoms with van der Waals surface area (Å²) in [5.74, 6) is 0.857. The minimum absolute atomic E-state index is 0.219. The van der Waals surface area contributed by atoms with E-state index >= 15 is 0 Å². The molecular weight excluding hydrogens is 256 g/mol. The predicted molar refractivity (Wildman–Crippen MR) is 78.6 cm³/mol. The zero-order valence-corrected chi connectivity index (χ0v) is 11.9. The van der Waals surface area contributed by atoms with Crippen LogP contribution in [-0.2, 0) is 0 Å². The second-order valence-corrected chi connectivity index (χ2v) is 5.60. The van der Waals surface area contributed by atoms with Crippen molar-refractivity contribution in [2.24, 2.45) is 5.92 Å². The van der Waals surface area contributed by atoms with Gasteiger partial charge in [-0.3, -0.25) is 0 Å². The largest absolute Gasteiger partial charge is 0.489 e. The fourth-order valence-electron chi connectivity index (χ4n) is 2.53. The van der Waals surface area contributed by atoms with E-state index in [0.717, 1.165) is 19.5 Å². The molecule has 1 saturated heterocycles. The van der Waals surface area contributed by atoms with Crippen LogP contribution in [0.2, 0.25) is 0 Å². The number of piperidine rings is 1. The lowest BCUT2D eigenvalue weighted by atomic mass is 9.96. The molecule has 20 heavy (non-hydrogen) atoms. The van der Waals surface area contributed by atoms with Gasteiger partial charge in [-0.25, -0.2) is 0 Å². The van der Waals surface area contributed by atoms with Crippen molar-refractivity contribution < 1.29 is 14.9 Å². The van der Waals surface area contributed by atoms with Gasteiger partial charge in [0.15, 0.2) is 0 Å². The summed E-state index contributed by atoms with van der Waals surface area (Å²) in [4.78, 5) is 2.17. The molecule has 0 aromatic heterocycles. The number of anilines is 1. The molecule has 1 aromatic rings. The van der Waals surface area contributed by atoms with Gasteiger partial charge in [0, 0.05) is 19.6 Å². The second-order valence-electron chi connectivity index (χ2n) is 5.60. The van der Waals surface area contributed by atoms with Crippen molar-refractivity contribution in [1.29, 1.82) is 0 Å². The Morgan fingerprint density at radius 3 is 2.90 bits per heavy atom. The van der Waals surface area contributed by atoms with Gasteiger partial charge >= 0.3 is 0 Å². The van der Waals surface area contributed by atoms with E-state index in [0.29, 0.717) is 18.0 Å². The smallest absolute Gasteiger partial charge is 0.142 e. The molecule has 1 aromatic carbocycles. The Kier molecular flexibility index (Phi) is 5.23. The van der Waals surface area contributed by atoms with Crippen LogP contribution in [0.15, 0.2) is 24.3 Å². The minimum Gasteiger partial charge on any atom is -0.489 e. The number of ether oxygens (including phenoxy) is 1. The highest BCUT2D eigenvalue weighted by Gasteiger charge is 2.25. The first-order chi connectivity index (χ1) is 9.56. The number of hydrogen-bond acceptors (Lipinski definition) is 5. The van der Waals surface area contributed by atoms with Gasteiger partial charge < -0.3 is 25.6 Å². The number of rotatable bonds is 5. The topological polar surface area (TPSA) is 79.0 Å². The second kappa shape index (κ2) is 6.92. The van der Waals surface area contributed by atoms with Gasteiger partial charge in [-0.05, 0) is 24.5 Å². The van der Waals surface area contributed by atoms with Gasteiger partial charge in [0.2, 0.25) is 0 Å². The van der Waals surface area contributed by atoms with E-state index in [9.17, 15) is 10.2 Å². The van der Waals surface area contributed by atoms with E-state index in [4.69, 9.17) is 10.5 Å². The maximum Gasteiger partial charge on any atom is 0.142 e. The van der Waals surface area contributed by atoms with E-state index in [1.807, 2.05) is 19.1 Å². The number of β-amino-alcohol motifs (C(OH)–C–C–N with tert-alkyl or cyclic N) is 1. The summed E-state index contributed by atoms with van der Waals surface area (Å²) in [6.45, 7) is 4.44. The summed E-state index contributed by atoms with van der Waals surface area (Å²) >= 11 is 0. The van der Waals surface area contributed by atoms with Crippen LogP contribution in [0.25, 0.3) is 0 Å². The van der Waals surface area contributed by atoms with Crippen molar-refractivity contribution in [1.82, 2.24) is 4.90 Å². The molecule has 2 rings (SSSR count). The van der Waals surface area contributed by atoms with Gasteiger partial charge in [0.1, 0.15) is 18.5 Å². The predicted octanol–water partition coefficient (Wildman–Crippen LogP) is 0.711. The summed E-state index contributed by atoms with van der Waals surface area (Å²) in [6.07, 6.45) is -0.0128. The number of benzene rings is 1. The number of nitrogen functional groups attached to an aromatic ring is 1. The van der Waals surface area contributed by atoms with E-state index in [1.54, 1.807) is 12.1 Å². The molecule has 0 aliphatic carbocycles. The van der Waals surface area contributed by atoms with Crippen molar-refractivity contribution in [3.05, 3.63) is 24.3 Å². The standard InChI is InChI=1S/C15H24N2O3/c1-11-8-17(7-6-14(11)19)9-12(18)10-20-15-5-3-2-4-13(15)16/h2-5,11-12,14,18-19H,6-10,16H2,1H3. The van der Waals surface area contributed by atoms with E-state index in [-0.39, 0.29) is 18.6 Å². The minimum atomic E-state index is -0.558. The molecule has 5 heteroatoms. The Morgan fingerprint density at radius 2 is 2.20 bits per heavy atom. The monoisotopic (exact) mass is 280 g/mol. The number of nitrogens with zero attached hydrogens (tertiary/aromatic N) is 1. The third kappa shape index (κ3) is 4.10. The van der Waals surface area contributed by atoms with Crippen molar-refractivity contribution in [3.63, 3.8) is 0 Å². The Hall–Kier alpha value is -1.30. The van der Waals surface area contributed by atoms with E-state index in [1.165, 1.54) is 0 Å². The molecule has 0 amide bonds. The van der Waals surface area contributed by atoms with Crippen molar-refractivity contribution in [3.8, 4) is 5.75 Å². The lowest BCUT2D eigenvalue weighted by Crippen LogP contribution is -2.45. The highest BCUT2D eigenvalue weighted by molar-refractivity contribution is 5.51. The highest BCUT2D eigenvalue weighted by atomic mass is 16.5. The van der Waals surface area contributed by atoms with E-state index < -0.39 is 6.10 Å². The third-order valence-electron chi connectivity index (χ3n) is 3.76. The Balaban J connectivity index is 1.76. The fourth-order valence-corrected chi connectivity index (χ4v) is 2.53. The lowest BCUT2D eigenvalue weighted by molar-refractivity contribution is 0.00590. The Labute approximate surface area is 120 Å². The van der Waals surface area contributed by atoms with Crippen LogP contribution in [0.4, 0.5) is 5.69 Å². The lowest BCUT2D eigenvalue weighted by Gasteiger charge is -2.35. The van der Waals surface area contributed by atoms with Crippen molar-refractivity contribution >= 4 is 5.69 Å². The summed E-state index contributed by atoms with van der Waals surface area (Å²) in [6, 6.07) is 7.27. The zero-order valence-electron chi connectivity index (χ0n) is 11.9. The van der Waals surface area contributed by atoms with Crippen molar-refractivity contribution in [2.45, 2.75) is 25.6 Å². The quantitative estimate of drug-likeness (QED) is 0.692. The van der Waals surface area contributed by atoms with Crippen LogP contribution >= 0.6 is 0 Å². The van der Waals surface area contributed by atoms with Crippen LogP contribution in [0.5, 0.6) is 5.75 Å². The number of para-hydroxylation sites is 2. The number of nitrogens with two attached hydrogens (primary N) is 1. The molecule has 0 bridgehead atoms. The van der Waals surface area contributed by atoms with Crippen molar-refractivity contribution in [2.75, 3.05) is 32.0 Å². The first-order valence-corrected chi connectivity index (χ1v) is 7.12. The normalized spacial score (nSPS) is 25.4. The molecular formula is C15H24N2O3. The molecule has 0 saturated carbocycles. The Bertz CT molecular complexity index is 427. The SMILES string of the molecule is CC1CN(CC(O)COc2ccccc2N)CCC1O. The van der Waals surface area contributed by atoms with Crippen LogP contribution in [0.3, 0.4) is 0 Å². The summed E-state index contributed by atoms with van der Waals surface area (Å²) in [5.41, 5.74) is 6.36. The van der Waals surface area contributed by atoms with Crippen LogP contribution in [-0.4, -0.2) is 53.6 Å². The number of hydrogen-bond donors (Lipinski definition) is 3. The molecule has 1 fully saturated rings. The molecule has 0 radical (unpaired) electrons. The average molecular weight is 280 g/mol. The molecule has 3 atom stereocenters. The first kappa shape index (κ1) is 15.1. The first-order valence-electron chi connectivity index (χ1n) is 7.12. The van der Waals surface area contributed by atoms with Gasteiger partial charge in [-0.15, -0.1) is 0 Å². The highest BCUT2D eigenvalue weighted by Crippen LogP contribution is 2.20. The summed E-state index contributed by atoms with van der Waals surface area (Å²) < 4.78 is 5.54. The molecule has 1 heterocycles. The molecule has 112 valence electrons. The molecule has 1 aliphatic heterocycles. The molecule has 1 aliphatic rings. The van der Waals surface area contributed by atoms with Gasteiger partial charge in [-0.1, -0.05) is 19.1 Å². The van der Waals surface area contributed by atoms with E-state index in [2.05, 4.69) is 4.90 Å². The number of aliphatic hydroxyl groups is 2. The van der Waals surface area contributed by atoms with Gasteiger partial charge in [-0.2, -0.15) is 0 Å². The maximum absolute atomic E-state index is 10.0. The molecule has 3 unspecified atom stereocenters. The zero-order chi connectivity index (χ0) is 14.5. The maximum atomic E-state index is 10.0. The van der Waals surface area contributed by atoms with Gasteiger partial charge in [0.25, 0.3) is 0 Å². The molecule has 0 spiro atoms. The molecule has 5 nitrogen and oxygen atoms in total. The average Bonchev–Trinajstić information content (AvgIpc) is 2.42. The summed E-state index contributed by atoms with van der Waals surface area (Å²) in [5, 5.41) is 19.7. The third-order valence-corrected chi connectivity index (χ3v) is 3.76. The number of aliphatic hydroxyl groups excluding tert-OH is 2. The molecule has 4 N–H and O–H groups in total. The van der Waals surface area contributed by atoms with Gasteiger partial charge in [0.05, 0.1) is 11.8 Å². The van der Waals surface area contributed by atoms with Crippen LogP contribution in [0.1, 0.15) is 13.3 Å². The fraction of sp³-hybridized carbons (Fsp3) is 0.600. The van der Waals surface area contributed by atoms with Crippen LogP contribution < -0.4 is 10.5 Å².